The van der Waals surface area contributed by atoms with Gasteiger partial charge >= 0.3 is 6.03 Å². The molecule has 0 atom stereocenters. The van der Waals surface area contributed by atoms with E-state index in [9.17, 15) is 9.90 Å². The molecule has 42 heavy (non-hydrogen) atoms. The van der Waals surface area contributed by atoms with Gasteiger partial charge < -0.3 is 31.1 Å². The van der Waals surface area contributed by atoms with Crippen LogP contribution in [0.5, 0.6) is 5.75 Å². The number of nitrogens with two attached hydrogens (primary N) is 1. The van der Waals surface area contributed by atoms with Gasteiger partial charge in [-0.15, -0.1) is 0 Å². The average Bonchev–Trinajstić information content (AvgIpc) is 2.96. The number of nitrogens with one attached hydrogen (secondary N) is 2. The monoisotopic (exact) mass is 571 g/mol. The number of benzene rings is 2. The lowest BCUT2D eigenvalue weighted by Crippen LogP contribution is -2.40. The van der Waals surface area contributed by atoms with Crippen LogP contribution in [0.2, 0.25) is 0 Å². The Kier molecular flexibility index (Phi) is 10.5. The van der Waals surface area contributed by atoms with E-state index in [1.54, 1.807) is 0 Å². The zero-order valence-corrected chi connectivity index (χ0v) is 25.5. The van der Waals surface area contributed by atoms with Gasteiger partial charge in [0.1, 0.15) is 11.6 Å². The molecule has 1 aromatic heterocycles. The summed E-state index contributed by atoms with van der Waals surface area (Å²) in [7, 11) is 0. The van der Waals surface area contributed by atoms with E-state index in [1.807, 2.05) is 48.7 Å². The summed E-state index contributed by atoms with van der Waals surface area (Å²) in [5.74, 6) is 1.98. The number of nitrogens with zero attached hydrogens (tertiary/aromatic N) is 2. The van der Waals surface area contributed by atoms with Gasteiger partial charge in [-0.3, -0.25) is 0 Å². The third-order valence-corrected chi connectivity index (χ3v) is 7.45. The van der Waals surface area contributed by atoms with Crippen molar-refractivity contribution in [2.24, 2.45) is 0 Å². The molecule has 224 valence electrons. The molecule has 0 spiro atoms. The summed E-state index contributed by atoms with van der Waals surface area (Å²) in [4.78, 5) is 20.8. The highest BCUT2D eigenvalue weighted by atomic mass is 16.5. The van der Waals surface area contributed by atoms with Crippen LogP contribution >= 0.6 is 0 Å². The Morgan fingerprint density at radius 3 is 2.45 bits per heavy atom. The first-order valence-electron chi connectivity index (χ1n) is 15.0. The number of ether oxygens (including phenoxy) is 1. The normalized spacial score (nSPS) is 13.0. The number of urea groups is 1. The minimum Gasteiger partial charge on any atom is -0.493 e. The van der Waals surface area contributed by atoms with Crippen molar-refractivity contribution in [1.82, 2.24) is 10.3 Å². The third kappa shape index (κ3) is 7.23. The van der Waals surface area contributed by atoms with Crippen LogP contribution in [-0.4, -0.2) is 42.4 Å². The molecule has 2 amide bonds. The number of carbonyl (C=O) groups excluding carboxylic acids is 1. The van der Waals surface area contributed by atoms with Crippen molar-refractivity contribution in [2.75, 3.05) is 42.3 Å². The van der Waals surface area contributed by atoms with E-state index < -0.39 is 0 Å². The minimum absolute atomic E-state index is 0.0751. The van der Waals surface area contributed by atoms with E-state index >= 15 is 0 Å². The molecule has 2 aromatic carbocycles. The molecule has 2 heterocycles. The minimum atomic E-state index is -0.297. The van der Waals surface area contributed by atoms with Gasteiger partial charge in [-0.1, -0.05) is 53.2 Å². The number of fused-ring (bicyclic) bond motifs is 1. The van der Waals surface area contributed by atoms with Crippen LogP contribution in [0, 0.1) is 0 Å². The van der Waals surface area contributed by atoms with Gasteiger partial charge in [0.2, 0.25) is 0 Å². The summed E-state index contributed by atoms with van der Waals surface area (Å²) in [6.45, 7) is 12.4. The van der Waals surface area contributed by atoms with Crippen molar-refractivity contribution in [3.8, 4) is 5.75 Å². The van der Waals surface area contributed by atoms with Crippen LogP contribution in [0.4, 0.5) is 22.0 Å². The van der Waals surface area contributed by atoms with Crippen molar-refractivity contribution in [2.45, 2.75) is 65.7 Å². The highest BCUT2D eigenvalue weighted by Gasteiger charge is 2.28. The van der Waals surface area contributed by atoms with Gasteiger partial charge in [0, 0.05) is 54.0 Å². The fourth-order valence-corrected chi connectivity index (χ4v) is 5.36. The Hall–Kier alpha value is -4.04. The largest absolute Gasteiger partial charge is 0.493 e. The van der Waals surface area contributed by atoms with Crippen LogP contribution in [0.1, 0.15) is 88.0 Å². The molecule has 4 rings (SSSR count). The number of pyridine rings is 1. The van der Waals surface area contributed by atoms with Crippen LogP contribution in [-0.2, 0) is 0 Å². The van der Waals surface area contributed by atoms with E-state index in [-0.39, 0.29) is 24.5 Å². The van der Waals surface area contributed by atoms with Crippen molar-refractivity contribution in [1.29, 1.82) is 0 Å². The molecular formula is C34H45N5O3. The molecule has 8 heteroatoms. The Balaban J connectivity index is 1.77. The van der Waals surface area contributed by atoms with Gasteiger partial charge in [0.15, 0.2) is 0 Å². The SMILES string of the molecule is CCCCN1CC(NC(=O)Nc2c(C(C)C)cc(N)cc2C(C)C)=C(c2cccc(OCCCO)c2)c2cccnc21. The molecule has 0 saturated heterocycles. The first kappa shape index (κ1) is 30.9. The molecule has 0 fully saturated rings. The molecule has 0 aliphatic carbocycles. The van der Waals surface area contributed by atoms with Crippen LogP contribution in [0.25, 0.3) is 5.57 Å². The maximum atomic E-state index is 13.8. The number of hydrogen-bond donors (Lipinski definition) is 4. The topological polar surface area (TPSA) is 113 Å². The Labute approximate surface area is 250 Å². The maximum Gasteiger partial charge on any atom is 0.323 e. The smallest absolute Gasteiger partial charge is 0.323 e. The number of nitrogen functional groups attached to an aromatic ring is 1. The Bertz CT molecular complexity index is 1390. The van der Waals surface area contributed by atoms with E-state index in [0.29, 0.717) is 31.0 Å². The van der Waals surface area contributed by atoms with Gasteiger partial charge in [0.25, 0.3) is 0 Å². The average molecular weight is 572 g/mol. The lowest BCUT2D eigenvalue weighted by Gasteiger charge is -2.34. The van der Waals surface area contributed by atoms with E-state index in [1.165, 1.54) is 0 Å². The number of hydrogen-bond acceptors (Lipinski definition) is 6. The number of carbonyl (C=O) groups is 1. The van der Waals surface area contributed by atoms with Gasteiger partial charge in [0.05, 0.1) is 13.2 Å². The number of unbranched alkanes of at least 4 members (excludes halogenated alkanes) is 1. The fourth-order valence-electron chi connectivity index (χ4n) is 5.36. The highest BCUT2D eigenvalue weighted by Crippen LogP contribution is 2.38. The summed E-state index contributed by atoms with van der Waals surface area (Å²) in [6.07, 6.45) is 4.44. The second-order valence-electron chi connectivity index (χ2n) is 11.4. The van der Waals surface area contributed by atoms with Gasteiger partial charge in [-0.05, 0) is 71.3 Å². The highest BCUT2D eigenvalue weighted by molar-refractivity contribution is 5.97. The fraction of sp³-hybridized carbons (Fsp3) is 0.412. The van der Waals surface area contributed by atoms with Crippen LogP contribution < -0.4 is 26.0 Å². The lowest BCUT2D eigenvalue weighted by molar-refractivity contribution is 0.233. The van der Waals surface area contributed by atoms with Gasteiger partial charge in [-0.2, -0.15) is 0 Å². The van der Waals surface area contributed by atoms with Crippen molar-refractivity contribution in [3.63, 3.8) is 0 Å². The molecule has 0 radical (unpaired) electrons. The number of aliphatic hydroxyl groups is 1. The number of aromatic nitrogens is 1. The second-order valence-corrected chi connectivity index (χ2v) is 11.4. The Morgan fingerprint density at radius 2 is 1.79 bits per heavy atom. The first-order valence-corrected chi connectivity index (χ1v) is 15.0. The summed E-state index contributed by atoms with van der Waals surface area (Å²) >= 11 is 0. The van der Waals surface area contributed by atoms with Crippen molar-refractivity contribution in [3.05, 3.63) is 82.7 Å². The molecule has 3 aromatic rings. The molecule has 0 unspecified atom stereocenters. The van der Waals surface area contributed by atoms with Crippen LogP contribution in [0.3, 0.4) is 0 Å². The standard InChI is InChI=1S/C34H45N5O3/c1-6-7-15-39-21-30(37-34(41)38-32-28(22(2)3)19-25(35)20-29(32)23(4)5)31(27-13-9-14-36-33(27)39)24-11-8-12-26(18-24)42-17-10-16-40/h8-9,11-14,18-20,22-23,40H,6-7,10,15-17,21,35H2,1-5H3,(H2,37,38,41). The van der Waals surface area contributed by atoms with E-state index in [2.05, 4.69) is 56.2 Å². The molecule has 5 N–H and O–H groups in total. The summed E-state index contributed by atoms with van der Waals surface area (Å²) in [6, 6.07) is 15.5. The second kappa shape index (κ2) is 14.2. The van der Waals surface area contributed by atoms with E-state index in [0.717, 1.165) is 64.4 Å². The summed E-state index contributed by atoms with van der Waals surface area (Å²) < 4.78 is 5.90. The van der Waals surface area contributed by atoms with Crippen molar-refractivity contribution >= 4 is 28.8 Å². The quantitative estimate of drug-likeness (QED) is 0.139. The zero-order valence-electron chi connectivity index (χ0n) is 25.5. The number of rotatable bonds is 12. The molecular weight excluding hydrogens is 526 g/mol. The molecule has 8 nitrogen and oxygen atoms in total. The summed E-state index contributed by atoms with van der Waals surface area (Å²) in [5.41, 5.74) is 13.4. The summed E-state index contributed by atoms with van der Waals surface area (Å²) in [5, 5.41) is 15.6. The van der Waals surface area contributed by atoms with Crippen molar-refractivity contribution < 1.29 is 14.6 Å². The third-order valence-electron chi connectivity index (χ3n) is 7.45. The number of amides is 2. The Morgan fingerprint density at radius 1 is 1.05 bits per heavy atom. The first-order chi connectivity index (χ1) is 20.2. The van der Waals surface area contributed by atoms with E-state index in [4.69, 9.17) is 15.5 Å². The molecule has 0 saturated carbocycles. The lowest BCUT2D eigenvalue weighted by atomic mass is 9.91. The number of aliphatic hydroxyl groups excluding tert-OH is 1. The maximum absolute atomic E-state index is 13.8. The molecule has 0 bridgehead atoms. The zero-order chi connectivity index (χ0) is 30.2. The molecule has 1 aliphatic heterocycles. The molecule has 1 aliphatic rings. The predicted octanol–water partition coefficient (Wildman–Crippen LogP) is 6.87. The van der Waals surface area contributed by atoms with Gasteiger partial charge in [-0.25, -0.2) is 9.78 Å². The number of anilines is 3. The van der Waals surface area contributed by atoms with Crippen LogP contribution in [0.15, 0.2) is 60.4 Å². The predicted molar refractivity (Wildman–Crippen MR) is 172 cm³/mol.